The van der Waals surface area contributed by atoms with Gasteiger partial charge in [0.25, 0.3) is 0 Å². The summed E-state index contributed by atoms with van der Waals surface area (Å²) in [6, 6.07) is 5.95. The van der Waals surface area contributed by atoms with Gasteiger partial charge in [-0.1, -0.05) is 6.07 Å². The Labute approximate surface area is 159 Å². The number of nitrogens with zero attached hydrogens (tertiary/aromatic N) is 3. The lowest BCUT2D eigenvalue weighted by molar-refractivity contribution is 0.0716. The van der Waals surface area contributed by atoms with Crippen LogP contribution in [0.3, 0.4) is 0 Å². The minimum atomic E-state index is -0.513. The maximum absolute atomic E-state index is 10.4. The minimum Gasteiger partial charge on any atom is -0.396 e. The van der Waals surface area contributed by atoms with Crippen LogP contribution in [0.1, 0.15) is 23.5 Å². The van der Waals surface area contributed by atoms with Crippen LogP contribution >= 0.6 is 0 Å². The predicted octanol–water partition coefficient (Wildman–Crippen LogP) is 0.751. The highest BCUT2D eigenvalue weighted by molar-refractivity contribution is 5.10. The van der Waals surface area contributed by atoms with Crippen LogP contribution in [0.15, 0.2) is 36.8 Å². The van der Waals surface area contributed by atoms with Crippen LogP contribution in [0.2, 0.25) is 0 Å². The molecule has 0 aromatic carbocycles. The van der Waals surface area contributed by atoms with E-state index in [9.17, 15) is 10.2 Å². The standard InChI is InChI=1S/C20H28N4O3/c1-27-8-5-20-22-7-4-15(24-20)9-16-17(13-25)19(26)10-18(16)23-12-14-3-2-6-21-11-14/h2-4,6-7,11,16-19,23,25-26H,5,8-10,12-13H2,1H3/t16-,17-,18-,19-/m1/s1. The van der Waals surface area contributed by atoms with Crippen molar-refractivity contribution in [3.05, 3.63) is 53.9 Å². The highest BCUT2D eigenvalue weighted by atomic mass is 16.5. The maximum Gasteiger partial charge on any atom is 0.130 e. The number of rotatable bonds is 9. The number of hydrogen-bond donors (Lipinski definition) is 3. The van der Waals surface area contributed by atoms with Gasteiger partial charge in [-0.25, -0.2) is 9.97 Å². The first kappa shape index (κ1) is 19.8. The fraction of sp³-hybridized carbons (Fsp3) is 0.550. The molecule has 0 radical (unpaired) electrons. The average Bonchev–Trinajstić information content (AvgIpc) is 3.00. The van der Waals surface area contributed by atoms with E-state index in [1.807, 2.05) is 24.4 Å². The van der Waals surface area contributed by atoms with Crippen LogP contribution in [0.5, 0.6) is 0 Å². The number of aliphatic hydroxyl groups excluding tert-OH is 2. The third-order valence-corrected chi connectivity index (χ3v) is 5.30. The first-order valence-electron chi connectivity index (χ1n) is 9.42. The molecule has 3 rings (SSSR count). The molecule has 2 aromatic heterocycles. The Morgan fingerprint density at radius 1 is 1.26 bits per heavy atom. The van der Waals surface area contributed by atoms with Crippen LogP contribution < -0.4 is 5.32 Å². The Morgan fingerprint density at radius 2 is 2.15 bits per heavy atom. The van der Waals surface area contributed by atoms with E-state index in [0.29, 0.717) is 32.4 Å². The third kappa shape index (κ3) is 5.29. The molecule has 27 heavy (non-hydrogen) atoms. The normalized spacial score (nSPS) is 25.0. The molecule has 0 saturated heterocycles. The predicted molar refractivity (Wildman–Crippen MR) is 101 cm³/mol. The van der Waals surface area contributed by atoms with E-state index in [1.54, 1.807) is 19.5 Å². The van der Waals surface area contributed by atoms with Gasteiger partial charge in [0.05, 0.1) is 12.7 Å². The number of aromatic nitrogens is 3. The van der Waals surface area contributed by atoms with Gasteiger partial charge in [-0.05, 0) is 36.5 Å². The second-order valence-corrected chi connectivity index (χ2v) is 7.07. The van der Waals surface area contributed by atoms with Gasteiger partial charge in [-0.2, -0.15) is 0 Å². The Balaban J connectivity index is 1.69. The van der Waals surface area contributed by atoms with Crippen molar-refractivity contribution in [1.82, 2.24) is 20.3 Å². The second-order valence-electron chi connectivity index (χ2n) is 7.07. The highest BCUT2D eigenvalue weighted by Gasteiger charge is 2.41. The quantitative estimate of drug-likeness (QED) is 0.597. The fourth-order valence-electron chi connectivity index (χ4n) is 3.84. The van der Waals surface area contributed by atoms with Gasteiger partial charge < -0.3 is 20.3 Å². The zero-order valence-corrected chi connectivity index (χ0v) is 15.7. The summed E-state index contributed by atoms with van der Waals surface area (Å²) in [4.78, 5) is 13.1. The van der Waals surface area contributed by atoms with Gasteiger partial charge in [0.1, 0.15) is 5.82 Å². The molecule has 1 aliphatic rings. The summed E-state index contributed by atoms with van der Waals surface area (Å²) in [5.74, 6) is 0.703. The average molecular weight is 372 g/mol. The first-order valence-corrected chi connectivity index (χ1v) is 9.42. The van der Waals surface area contributed by atoms with Crippen molar-refractivity contribution in [3.63, 3.8) is 0 Å². The van der Waals surface area contributed by atoms with Gasteiger partial charge in [0, 0.05) is 62.9 Å². The van der Waals surface area contributed by atoms with Crippen LogP contribution in [-0.2, 0) is 24.1 Å². The van der Waals surface area contributed by atoms with E-state index < -0.39 is 6.10 Å². The minimum absolute atomic E-state index is 0.0292. The van der Waals surface area contributed by atoms with Crippen molar-refractivity contribution in [2.75, 3.05) is 20.3 Å². The summed E-state index contributed by atoms with van der Waals surface area (Å²) in [6.07, 6.45) is 6.83. The highest BCUT2D eigenvalue weighted by Crippen LogP contribution is 2.34. The maximum atomic E-state index is 10.4. The summed E-state index contributed by atoms with van der Waals surface area (Å²) in [7, 11) is 1.66. The molecule has 2 aromatic rings. The van der Waals surface area contributed by atoms with E-state index >= 15 is 0 Å². The van der Waals surface area contributed by atoms with E-state index in [4.69, 9.17) is 4.74 Å². The molecule has 1 saturated carbocycles. The number of nitrogens with one attached hydrogen (secondary N) is 1. The van der Waals surface area contributed by atoms with Crippen LogP contribution in [0.4, 0.5) is 0 Å². The number of ether oxygens (including phenoxy) is 1. The van der Waals surface area contributed by atoms with Crippen molar-refractivity contribution in [1.29, 1.82) is 0 Å². The molecule has 7 nitrogen and oxygen atoms in total. The molecule has 7 heteroatoms. The lowest BCUT2D eigenvalue weighted by Crippen LogP contribution is -2.36. The van der Waals surface area contributed by atoms with Gasteiger partial charge in [0.15, 0.2) is 0 Å². The summed E-state index contributed by atoms with van der Waals surface area (Å²) >= 11 is 0. The van der Waals surface area contributed by atoms with E-state index in [2.05, 4.69) is 20.3 Å². The molecule has 1 aliphatic carbocycles. The summed E-state index contributed by atoms with van der Waals surface area (Å²) in [5, 5.41) is 23.8. The lowest BCUT2D eigenvalue weighted by Gasteiger charge is -2.25. The zero-order chi connectivity index (χ0) is 19.1. The fourth-order valence-corrected chi connectivity index (χ4v) is 3.84. The lowest BCUT2D eigenvalue weighted by atomic mass is 9.88. The monoisotopic (exact) mass is 372 g/mol. The molecule has 0 spiro atoms. The van der Waals surface area contributed by atoms with Crippen LogP contribution in [0.25, 0.3) is 0 Å². The molecule has 0 aliphatic heterocycles. The second kappa shape index (κ2) is 9.85. The number of pyridine rings is 1. The Morgan fingerprint density at radius 3 is 2.89 bits per heavy atom. The summed E-state index contributed by atoms with van der Waals surface area (Å²) in [5.41, 5.74) is 2.03. The van der Waals surface area contributed by atoms with Crippen molar-refractivity contribution < 1.29 is 14.9 Å². The molecule has 1 fully saturated rings. The molecule has 0 unspecified atom stereocenters. The van der Waals surface area contributed by atoms with Crippen molar-refractivity contribution in [2.24, 2.45) is 11.8 Å². The SMILES string of the molecule is COCCc1nccc(C[C@@H]2[C@@H](CO)[C@H](O)C[C@H]2NCc2cccnc2)n1. The van der Waals surface area contributed by atoms with Crippen LogP contribution in [-0.4, -0.2) is 57.6 Å². The Hall–Kier alpha value is -1.93. The molecule has 146 valence electrons. The zero-order valence-electron chi connectivity index (χ0n) is 15.7. The van der Waals surface area contributed by atoms with Gasteiger partial charge in [-0.15, -0.1) is 0 Å². The van der Waals surface area contributed by atoms with Crippen molar-refractivity contribution in [2.45, 2.75) is 38.0 Å². The smallest absolute Gasteiger partial charge is 0.130 e. The third-order valence-electron chi connectivity index (χ3n) is 5.30. The molecule has 4 atom stereocenters. The molecule has 2 heterocycles. The topological polar surface area (TPSA) is 100 Å². The van der Waals surface area contributed by atoms with E-state index in [1.165, 1.54) is 0 Å². The Kier molecular flexibility index (Phi) is 7.23. The van der Waals surface area contributed by atoms with Gasteiger partial charge in [-0.3, -0.25) is 4.98 Å². The molecule has 3 N–H and O–H groups in total. The Bertz CT molecular complexity index is 701. The number of aliphatic hydroxyl groups is 2. The van der Waals surface area contributed by atoms with Gasteiger partial charge in [0.2, 0.25) is 0 Å². The molecule has 0 bridgehead atoms. The van der Waals surface area contributed by atoms with Crippen molar-refractivity contribution in [3.8, 4) is 0 Å². The van der Waals surface area contributed by atoms with Crippen molar-refractivity contribution >= 4 is 0 Å². The van der Waals surface area contributed by atoms with E-state index in [-0.39, 0.29) is 24.5 Å². The number of hydrogen-bond acceptors (Lipinski definition) is 7. The van der Waals surface area contributed by atoms with E-state index in [0.717, 1.165) is 17.1 Å². The molecular formula is C20H28N4O3. The largest absolute Gasteiger partial charge is 0.396 e. The summed E-state index contributed by atoms with van der Waals surface area (Å²) in [6.45, 7) is 1.24. The molecule has 0 amide bonds. The summed E-state index contributed by atoms with van der Waals surface area (Å²) < 4.78 is 5.10. The molecular weight excluding hydrogens is 344 g/mol. The number of methoxy groups -OCH3 is 1. The first-order chi connectivity index (χ1) is 13.2. The van der Waals surface area contributed by atoms with Gasteiger partial charge >= 0.3 is 0 Å². The van der Waals surface area contributed by atoms with Crippen LogP contribution in [0, 0.1) is 11.8 Å².